The zero-order chi connectivity index (χ0) is 20.3. The number of rotatable bonds is 7. The van der Waals surface area contributed by atoms with Crippen molar-refractivity contribution in [2.75, 3.05) is 13.6 Å². The lowest BCUT2D eigenvalue weighted by Gasteiger charge is -2.48. The van der Waals surface area contributed by atoms with E-state index < -0.39 is 5.41 Å². The van der Waals surface area contributed by atoms with E-state index in [4.69, 9.17) is 0 Å². The van der Waals surface area contributed by atoms with Crippen molar-refractivity contribution in [3.05, 3.63) is 71.8 Å². The van der Waals surface area contributed by atoms with E-state index in [0.717, 1.165) is 29.6 Å². The molecule has 2 heterocycles. The van der Waals surface area contributed by atoms with Crippen molar-refractivity contribution >= 4 is 0 Å². The van der Waals surface area contributed by atoms with Crippen LogP contribution in [-0.2, 0) is 5.41 Å². The summed E-state index contributed by atoms with van der Waals surface area (Å²) in [7, 11) is 2.51. The van der Waals surface area contributed by atoms with Crippen LogP contribution in [-0.4, -0.2) is 30.2 Å². The largest absolute Gasteiger partial charge is 0.321 e. The summed E-state index contributed by atoms with van der Waals surface area (Å²) in [5, 5.41) is 10.5. The number of hydrogen-bond acceptors (Lipinski definition) is 1. The lowest BCUT2D eigenvalue weighted by Crippen LogP contribution is -2.58. The third kappa shape index (κ3) is 3.62. The molecule has 0 amide bonds. The Labute approximate surface area is 176 Å². The normalized spacial score (nSPS) is 28.8. The molecule has 2 nitrogen and oxygen atoms in total. The lowest BCUT2D eigenvalue weighted by atomic mass is 9.67. The topological polar surface area (TPSA) is 23.8 Å². The van der Waals surface area contributed by atoms with Gasteiger partial charge in [-0.15, -0.1) is 0 Å². The van der Waals surface area contributed by atoms with Crippen LogP contribution < -0.4 is 0 Å². The molecule has 0 aliphatic carbocycles. The van der Waals surface area contributed by atoms with Crippen LogP contribution in [0.25, 0.3) is 0 Å². The third-order valence-electron chi connectivity index (χ3n) is 8.02. The third-order valence-corrected chi connectivity index (χ3v) is 8.02. The first-order chi connectivity index (χ1) is 14.1. The van der Waals surface area contributed by atoms with Crippen molar-refractivity contribution in [2.45, 2.75) is 69.4 Å². The molecular formula is C27H35N2+. The SMILES string of the molecule is CCCC[N+]1(C)[C@@H]2CC[C@H]1CC(CC(C#N)(c1ccccc1)c1ccccc1)C2. The first-order valence-corrected chi connectivity index (χ1v) is 11.5. The van der Waals surface area contributed by atoms with Crippen LogP contribution in [0.2, 0.25) is 0 Å². The number of hydrogen-bond donors (Lipinski definition) is 0. The first-order valence-electron chi connectivity index (χ1n) is 11.5. The maximum absolute atomic E-state index is 10.5. The second kappa shape index (κ2) is 8.33. The summed E-state index contributed by atoms with van der Waals surface area (Å²) in [5.41, 5.74) is 1.75. The molecule has 2 bridgehead atoms. The molecule has 2 aromatic carbocycles. The predicted octanol–water partition coefficient (Wildman–Crippen LogP) is 6.07. The summed E-state index contributed by atoms with van der Waals surface area (Å²) < 4.78 is 1.29. The number of fused-ring (bicyclic) bond motifs is 2. The van der Waals surface area contributed by atoms with Gasteiger partial charge in [-0.2, -0.15) is 5.26 Å². The lowest BCUT2D eigenvalue weighted by molar-refractivity contribution is -0.949. The Bertz CT molecular complexity index is 782. The van der Waals surface area contributed by atoms with Crippen LogP contribution in [0.5, 0.6) is 0 Å². The first kappa shape index (κ1) is 20.2. The number of nitriles is 1. The number of unbranched alkanes of at least 4 members (excludes halogenated alkanes) is 1. The second-order valence-corrected chi connectivity index (χ2v) is 9.60. The highest BCUT2D eigenvalue weighted by Crippen LogP contribution is 2.48. The van der Waals surface area contributed by atoms with Gasteiger partial charge in [-0.05, 0) is 29.9 Å². The Morgan fingerprint density at radius 1 is 0.931 bits per heavy atom. The van der Waals surface area contributed by atoms with E-state index in [-0.39, 0.29) is 0 Å². The van der Waals surface area contributed by atoms with Gasteiger partial charge >= 0.3 is 0 Å². The summed E-state index contributed by atoms with van der Waals surface area (Å²) >= 11 is 0. The average Bonchev–Trinajstić information content (AvgIpc) is 2.94. The maximum atomic E-state index is 10.5. The predicted molar refractivity (Wildman–Crippen MR) is 119 cm³/mol. The van der Waals surface area contributed by atoms with Crippen molar-refractivity contribution in [1.82, 2.24) is 0 Å². The van der Waals surface area contributed by atoms with Gasteiger partial charge in [0.25, 0.3) is 0 Å². The molecule has 0 radical (unpaired) electrons. The highest BCUT2D eigenvalue weighted by Gasteiger charge is 2.52. The van der Waals surface area contributed by atoms with Gasteiger partial charge in [-0.3, -0.25) is 0 Å². The van der Waals surface area contributed by atoms with Gasteiger partial charge in [0, 0.05) is 25.7 Å². The standard InChI is InChI=1S/C27H35N2/c1-3-4-17-29(2)25-15-16-26(29)19-22(18-25)20-27(21-28,23-11-7-5-8-12-23)24-13-9-6-10-14-24/h5-14,22,25-26H,3-4,15-20H2,1-2H3/q+1/t22?,25-,26+,29?. The fraction of sp³-hybridized carbons (Fsp3) is 0.519. The second-order valence-electron chi connectivity index (χ2n) is 9.60. The van der Waals surface area contributed by atoms with E-state index in [1.54, 1.807) is 0 Å². The van der Waals surface area contributed by atoms with Gasteiger partial charge in [0.1, 0.15) is 5.41 Å². The number of benzene rings is 2. The molecule has 0 N–H and O–H groups in total. The van der Waals surface area contributed by atoms with Gasteiger partial charge in [-0.25, -0.2) is 0 Å². The van der Waals surface area contributed by atoms with Crippen molar-refractivity contribution in [3.63, 3.8) is 0 Å². The van der Waals surface area contributed by atoms with Crippen molar-refractivity contribution in [3.8, 4) is 6.07 Å². The summed E-state index contributed by atoms with van der Waals surface area (Å²) in [6.45, 7) is 3.64. The molecule has 2 saturated heterocycles. The Morgan fingerprint density at radius 3 is 1.90 bits per heavy atom. The Morgan fingerprint density at radius 2 is 1.45 bits per heavy atom. The van der Waals surface area contributed by atoms with Gasteiger partial charge in [0.15, 0.2) is 0 Å². The minimum atomic E-state index is -0.545. The summed E-state index contributed by atoms with van der Waals surface area (Å²) in [4.78, 5) is 0. The monoisotopic (exact) mass is 387 g/mol. The van der Waals surface area contributed by atoms with Crippen LogP contribution in [0.1, 0.15) is 63.0 Å². The van der Waals surface area contributed by atoms with E-state index in [9.17, 15) is 5.26 Å². The van der Waals surface area contributed by atoms with Crippen molar-refractivity contribution in [2.24, 2.45) is 5.92 Å². The summed E-state index contributed by atoms with van der Waals surface area (Å²) in [6.07, 6.45) is 8.87. The Balaban J connectivity index is 1.63. The van der Waals surface area contributed by atoms with E-state index in [1.807, 2.05) is 12.1 Å². The van der Waals surface area contributed by atoms with Gasteiger partial charge < -0.3 is 4.48 Å². The van der Waals surface area contributed by atoms with Crippen molar-refractivity contribution in [1.29, 1.82) is 5.26 Å². The molecular weight excluding hydrogens is 352 g/mol. The van der Waals surface area contributed by atoms with Crippen LogP contribution in [0, 0.1) is 17.2 Å². The average molecular weight is 388 g/mol. The Kier molecular flexibility index (Phi) is 5.79. The number of nitrogens with zero attached hydrogens (tertiary/aromatic N) is 2. The number of quaternary nitrogens is 1. The highest BCUT2D eigenvalue weighted by atomic mass is 15.4. The maximum Gasteiger partial charge on any atom is 0.107 e. The van der Waals surface area contributed by atoms with Crippen LogP contribution in [0.3, 0.4) is 0 Å². The van der Waals surface area contributed by atoms with Crippen LogP contribution in [0.15, 0.2) is 60.7 Å². The molecule has 2 aromatic rings. The molecule has 152 valence electrons. The molecule has 2 unspecified atom stereocenters. The van der Waals surface area contributed by atoms with Gasteiger partial charge in [0.05, 0.1) is 31.7 Å². The minimum Gasteiger partial charge on any atom is -0.321 e. The van der Waals surface area contributed by atoms with Gasteiger partial charge in [-0.1, -0.05) is 74.0 Å². The number of piperidine rings is 1. The highest BCUT2D eigenvalue weighted by molar-refractivity contribution is 5.45. The molecule has 2 fully saturated rings. The molecule has 2 heteroatoms. The fourth-order valence-electron chi connectivity index (χ4n) is 6.34. The molecule has 0 saturated carbocycles. The Hall–Kier alpha value is -2.11. The zero-order valence-corrected chi connectivity index (χ0v) is 18.1. The van der Waals surface area contributed by atoms with E-state index in [2.05, 4.69) is 68.6 Å². The van der Waals surface area contributed by atoms with E-state index in [0.29, 0.717) is 5.92 Å². The molecule has 29 heavy (non-hydrogen) atoms. The summed E-state index contributed by atoms with van der Waals surface area (Å²) in [6, 6.07) is 25.4. The molecule has 4 atom stereocenters. The van der Waals surface area contributed by atoms with Crippen molar-refractivity contribution < 1.29 is 4.48 Å². The molecule has 2 aliphatic rings. The van der Waals surface area contributed by atoms with Crippen LogP contribution >= 0.6 is 0 Å². The zero-order valence-electron chi connectivity index (χ0n) is 18.1. The summed E-state index contributed by atoms with van der Waals surface area (Å²) in [5.74, 6) is 0.625. The van der Waals surface area contributed by atoms with Gasteiger partial charge in [0.2, 0.25) is 0 Å². The molecule has 0 aromatic heterocycles. The fourth-order valence-corrected chi connectivity index (χ4v) is 6.34. The minimum absolute atomic E-state index is 0.545. The van der Waals surface area contributed by atoms with E-state index >= 15 is 0 Å². The van der Waals surface area contributed by atoms with Crippen LogP contribution in [0.4, 0.5) is 0 Å². The molecule has 4 rings (SSSR count). The molecule has 2 aliphatic heterocycles. The molecule has 0 spiro atoms. The quantitative estimate of drug-likeness (QED) is 0.529. The van der Waals surface area contributed by atoms with E-state index in [1.165, 1.54) is 49.6 Å². The smallest absolute Gasteiger partial charge is 0.107 e.